The molecule has 3 heteroatoms. The fourth-order valence-electron chi connectivity index (χ4n) is 2.98. The van der Waals surface area contributed by atoms with Gasteiger partial charge in [0.15, 0.2) is 0 Å². The van der Waals surface area contributed by atoms with E-state index in [-0.39, 0.29) is 5.54 Å². The molecule has 0 amide bonds. The number of aliphatic hydroxyl groups is 1. The van der Waals surface area contributed by atoms with E-state index in [1.165, 1.54) is 0 Å². The lowest BCUT2D eigenvalue weighted by molar-refractivity contribution is 0.0809. The van der Waals surface area contributed by atoms with Gasteiger partial charge in [-0.1, -0.05) is 37.1 Å². The van der Waals surface area contributed by atoms with E-state index in [4.69, 9.17) is 0 Å². The Hall–Kier alpha value is -1.44. The molecule has 2 rings (SSSR count). The molecule has 102 valence electrons. The molecule has 19 heavy (non-hydrogen) atoms. The number of rotatable bonds is 4. The molecule has 1 aromatic rings. The van der Waals surface area contributed by atoms with Crippen molar-refractivity contribution >= 4 is 6.08 Å². The van der Waals surface area contributed by atoms with Crippen molar-refractivity contribution < 1.29 is 9.90 Å². The normalized spacial score (nSPS) is 18.1. The first-order valence-electron chi connectivity index (χ1n) is 6.86. The van der Waals surface area contributed by atoms with E-state index < -0.39 is 5.60 Å². The van der Waals surface area contributed by atoms with Crippen molar-refractivity contribution in [1.82, 2.24) is 0 Å². The minimum atomic E-state index is -0.727. The molecular weight excluding hydrogens is 238 g/mol. The first-order chi connectivity index (χ1) is 8.95. The second-order valence-electron chi connectivity index (χ2n) is 6.13. The summed E-state index contributed by atoms with van der Waals surface area (Å²) in [5, 5.41) is 9.91. The summed E-state index contributed by atoms with van der Waals surface area (Å²) < 4.78 is 0. The molecule has 0 bridgehead atoms. The Morgan fingerprint density at radius 3 is 2.63 bits per heavy atom. The van der Waals surface area contributed by atoms with Crippen LogP contribution in [0, 0.1) is 0 Å². The van der Waals surface area contributed by atoms with Crippen LogP contribution < -0.4 is 0 Å². The second kappa shape index (κ2) is 5.28. The highest BCUT2D eigenvalue weighted by Gasteiger charge is 2.35. The molecule has 1 aliphatic carbocycles. The van der Waals surface area contributed by atoms with Gasteiger partial charge in [-0.05, 0) is 37.8 Å². The van der Waals surface area contributed by atoms with Crippen molar-refractivity contribution in [2.45, 2.75) is 57.1 Å². The van der Waals surface area contributed by atoms with E-state index in [1.807, 2.05) is 18.2 Å². The molecule has 0 radical (unpaired) electrons. The van der Waals surface area contributed by atoms with Crippen molar-refractivity contribution in [1.29, 1.82) is 0 Å². The molecule has 0 saturated heterocycles. The quantitative estimate of drug-likeness (QED) is 0.667. The molecule has 0 spiro atoms. The minimum absolute atomic E-state index is 0.378. The summed E-state index contributed by atoms with van der Waals surface area (Å²) in [7, 11) is 0. The summed E-state index contributed by atoms with van der Waals surface area (Å²) in [5.41, 5.74) is 1.06. The maximum Gasteiger partial charge on any atom is 0.235 e. The highest BCUT2D eigenvalue weighted by Crippen LogP contribution is 2.42. The molecule has 3 nitrogen and oxygen atoms in total. The van der Waals surface area contributed by atoms with E-state index in [1.54, 1.807) is 19.9 Å². The van der Waals surface area contributed by atoms with Crippen LogP contribution in [0.4, 0.5) is 0 Å². The van der Waals surface area contributed by atoms with Gasteiger partial charge in [-0.25, -0.2) is 4.79 Å². The van der Waals surface area contributed by atoms with Gasteiger partial charge in [0.05, 0.1) is 11.1 Å². The predicted octanol–water partition coefficient (Wildman–Crippen LogP) is 3.11. The zero-order valence-electron chi connectivity index (χ0n) is 11.6. The number of benzene rings is 1. The number of isocyanates is 1. The number of hydrogen-bond donors (Lipinski definition) is 1. The second-order valence-corrected chi connectivity index (χ2v) is 6.13. The minimum Gasteiger partial charge on any atom is -0.390 e. The molecule has 1 aliphatic rings. The summed E-state index contributed by atoms with van der Waals surface area (Å²) in [4.78, 5) is 14.8. The summed E-state index contributed by atoms with van der Waals surface area (Å²) in [6.07, 6.45) is 6.36. The highest BCUT2D eigenvalue weighted by atomic mass is 16.3. The molecule has 0 heterocycles. The number of nitrogens with zero attached hydrogens (tertiary/aromatic N) is 1. The largest absolute Gasteiger partial charge is 0.390 e. The summed E-state index contributed by atoms with van der Waals surface area (Å²) in [6.45, 7) is 3.60. The first kappa shape index (κ1) is 14.0. The van der Waals surface area contributed by atoms with Crippen molar-refractivity contribution in [2.24, 2.45) is 4.99 Å². The van der Waals surface area contributed by atoms with Gasteiger partial charge >= 0.3 is 0 Å². The van der Waals surface area contributed by atoms with Crippen LogP contribution in [0.3, 0.4) is 0 Å². The van der Waals surface area contributed by atoms with E-state index >= 15 is 0 Å². The lowest BCUT2D eigenvalue weighted by Crippen LogP contribution is -2.23. The van der Waals surface area contributed by atoms with Crippen molar-refractivity contribution in [3.63, 3.8) is 0 Å². The molecule has 0 aromatic heterocycles. The van der Waals surface area contributed by atoms with Gasteiger partial charge in [-0.2, -0.15) is 4.99 Å². The van der Waals surface area contributed by atoms with Crippen LogP contribution in [0.5, 0.6) is 0 Å². The molecule has 1 fully saturated rings. The average Bonchev–Trinajstić information content (AvgIpc) is 2.77. The Labute approximate surface area is 114 Å². The van der Waals surface area contributed by atoms with Crippen molar-refractivity contribution in [3.05, 3.63) is 35.4 Å². The molecule has 1 aromatic carbocycles. The van der Waals surface area contributed by atoms with Gasteiger partial charge in [0.25, 0.3) is 0 Å². The van der Waals surface area contributed by atoms with Crippen LogP contribution in [-0.2, 0) is 16.8 Å². The monoisotopic (exact) mass is 259 g/mol. The first-order valence-corrected chi connectivity index (χ1v) is 6.86. The Morgan fingerprint density at radius 1 is 1.37 bits per heavy atom. The van der Waals surface area contributed by atoms with Gasteiger partial charge in [0.1, 0.15) is 0 Å². The SMILES string of the molecule is CC(C)(O)Cc1cccc(C2(N=C=O)CCCC2)c1. The number of aliphatic imine (C=N–C) groups is 1. The van der Waals surface area contributed by atoms with Gasteiger partial charge in [0.2, 0.25) is 6.08 Å². The maximum atomic E-state index is 10.7. The van der Waals surface area contributed by atoms with Crippen LogP contribution in [0.25, 0.3) is 0 Å². The fraction of sp³-hybridized carbons (Fsp3) is 0.562. The standard InChI is InChI=1S/C16H21NO2/c1-15(2,19)11-13-6-5-7-14(10-13)16(17-12-18)8-3-4-9-16/h5-7,10,19H,3-4,8-9,11H2,1-2H3. The third-order valence-electron chi connectivity index (χ3n) is 3.79. The van der Waals surface area contributed by atoms with Crippen molar-refractivity contribution in [3.8, 4) is 0 Å². The smallest absolute Gasteiger partial charge is 0.235 e. The van der Waals surface area contributed by atoms with Crippen LogP contribution in [0.15, 0.2) is 29.3 Å². The average molecular weight is 259 g/mol. The zero-order chi connectivity index (χ0) is 13.9. The van der Waals surface area contributed by atoms with Gasteiger partial charge in [-0.3, -0.25) is 0 Å². The maximum absolute atomic E-state index is 10.7. The molecular formula is C16H21NO2. The van der Waals surface area contributed by atoms with E-state index in [9.17, 15) is 9.90 Å². The van der Waals surface area contributed by atoms with Gasteiger partial charge in [0, 0.05) is 6.42 Å². The van der Waals surface area contributed by atoms with Crippen LogP contribution >= 0.6 is 0 Å². The molecule has 0 unspecified atom stereocenters. The summed E-state index contributed by atoms with van der Waals surface area (Å²) >= 11 is 0. The molecule has 1 N–H and O–H groups in total. The van der Waals surface area contributed by atoms with E-state index in [0.717, 1.165) is 36.8 Å². The van der Waals surface area contributed by atoms with Crippen LogP contribution in [0.2, 0.25) is 0 Å². The van der Waals surface area contributed by atoms with Crippen LogP contribution in [-0.4, -0.2) is 16.8 Å². The topological polar surface area (TPSA) is 49.7 Å². The Balaban J connectivity index is 2.34. The highest BCUT2D eigenvalue weighted by molar-refractivity contribution is 5.40. The molecule has 0 atom stereocenters. The third kappa shape index (κ3) is 3.31. The Bertz CT molecular complexity index is 490. The fourth-order valence-corrected chi connectivity index (χ4v) is 2.98. The Morgan fingerprint density at radius 2 is 2.05 bits per heavy atom. The van der Waals surface area contributed by atoms with Gasteiger partial charge < -0.3 is 5.11 Å². The summed E-state index contributed by atoms with van der Waals surface area (Å²) in [6, 6.07) is 8.09. The Kier molecular flexibility index (Phi) is 3.88. The predicted molar refractivity (Wildman–Crippen MR) is 74.7 cm³/mol. The number of carbonyl (C=O) groups excluding carboxylic acids is 1. The van der Waals surface area contributed by atoms with Crippen molar-refractivity contribution in [2.75, 3.05) is 0 Å². The zero-order valence-corrected chi connectivity index (χ0v) is 11.6. The summed E-state index contributed by atoms with van der Waals surface area (Å²) in [5.74, 6) is 0. The third-order valence-corrected chi connectivity index (χ3v) is 3.79. The van der Waals surface area contributed by atoms with Crippen LogP contribution in [0.1, 0.15) is 50.7 Å². The van der Waals surface area contributed by atoms with E-state index in [0.29, 0.717) is 6.42 Å². The molecule has 1 saturated carbocycles. The van der Waals surface area contributed by atoms with E-state index in [2.05, 4.69) is 11.1 Å². The lowest BCUT2D eigenvalue weighted by atomic mass is 9.86. The molecule has 0 aliphatic heterocycles. The lowest BCUT2D eigenvalue weighted by Gasteiger charge is -2.24. The van der Waals surface area contributed by atoms with Gasteiger partial charge in [-0.15, -0.1) is 0 Å². The number of hydrogen-bond acceptors (Lipinski definition) is 3.